The highest BCUT2D eigenvalue weighted by atomic mass is 79.9. The molecule has 0 radical (unpaired) electrons. The van der Waals surface area contributed by atoms with Crippen molar-refractivity contribution in [2.75, 3.05) is 0 Å². The molecule has 0 amide bonds. The number of hydrogen-bond acceptors (Lipinski definition) is 3. The Morgan fingerprint density at radius 2 is 2.11 bits per heavy atom. The van der Waals surface area contributed by atoms with E-state index < -0.39 is 24.2 Å². The van der Waals surface area contributed by atoms with Crippen LogP contribution in [-0.2, 0) is 4.79 Å². The van der Waals surface area contributed by atoms with Crippen LogP contribution in [-0.4, -0.2) is 23.5 Å². The standard InChI is InChI=1S/C11H10BrF3O4/c1-6(4-10(16)17)18-7-2-3-9(8(12)5-7)19-11(13,14)15/h2-3,5-6H,4H2,1H3,(H,16,17)/t6-/m1/s1. The third-order valence-electron chi connectivity index (χ3n) is 1.93. The number of aliphatic carboxylic acids is 1. The molecule has 0 saturated carbocycles. The summed E-state index contributed by atoms with van der Waals surface area (Å²) >= 11 is 2.92. The Morgan fingerprint density at radius 1 is 1.47 bits per heavy atom. The number of carboxylic acids is 1. The fourth-order valence-electron chi connectivity index (χ4n) is 1.28. The Balaban J connectivity index is 2.74. The zero-order chi connectivity index (χ0) is 14.6. The van der Waals surface area contributed by atoms with Crippen molar-refractivity contribution >= 4 is 21.9 Å². The van der Waals surface area contributed by atoms with Gasteiger partial charge in [-0.05, 0) is 41.1 Å². The van der Waals surface area contributed by atoms with Crippen LogP contribution in [0.25, 0.3) is 0 Å². The highest BCUT2D eigenvalue weighted by Crippen LogP contribution is 2.33. The first kappa shape index (κ1) is 15.6. The molecule has 19 heavy (non-hydrogen) atoms. The number of ether oxygens (including phenoxy) is 2. The maximum atomic E-state index is 12.0. The van der Waals surface area contributed by atoms with E-state index in [-0.39, 0.29) is 16.6 Å². The van der Waals surface area contributed by atoms with E-state index in [1.807, 2.05) is 0 Å². The van der Waals surface area contributed by atoms with Gasteiger partial charge < -0.3 is 14.6 Å². The van der Waals surface area contributed by atoms with Gasteiger partial charge >= 0.3 is 12.3 Å². The lowest BCUT2D eigenvalue weighted by atomic mass is 10.3. The zero-order valence-electron chi connectivity index (χ0n) is 9.70. The number of halogens is 4. The van der Waals surface area contributed by atoms with Crippen molar-refractivity contribution in [1.82, 2.24) is 0 Å². The van der Waals surface area contributed by atoms with Crippen molar-refractivity contribution in [2.24, 2.45) is 0 Å². The van der Waals surface area contributed by atoms with E-state index >= 15 is 0 Å². The number of carbonyl (C=O) groups is 1. The van der Waals surface area contributed by atoms with Crippen LogP contribution in [0.2, 0.25) is 0 Å². The molecule has 0 unspecified atom stereocenters. The Kier molecular flexibility index (Phi) is 5.04. The molecule has 8 heteroatoms. The van der Waals surface area contributed by atoms with Crippen molar-refractivity contribution in [3.8, 4) is 11.5 Å². The molecule has 0 spiro atoms. The average Bonchev–Trinajstić information content (AvgIpc) is 2.19. The zero-order valence-corrected chi connectivity index (χ0v) is 11.3. The van der Waals surface area contributed by atoms with Crippen molar-refractivity contribution < 1.29 is 32.5 Å². The maximum absolute atomic E-state index is 12.0. The smallest absolute Gasteiger partial charge is 0.490 e. The summed E-state index contributed by atoms with van der Waals surface area (Å²) in [5.41, 5.74) is 0. The largest absolute Gasteiger partial charge is 0.573 e. The number of hydrogen-bond donors (Lipinski definition) is 1. The highest BCUT2D eigenvalue weighted by Gasteiger charge is 2.32. The lowest BCUT2D eigenvalue weighted by molar-refractivity contribution is -0.274. The van der Waals surface area contributed by atoms with Crippen molar-refractivity contribution in [2.45, 2.75) is 25.8 Å². The number of rotatable bonds is 5. The van der Waals surface area contributed by atoms with Gasteiger partial charge in [-0.2, -0.15) is 0 Å². The van der Waals surface area contributed by atoms with Crippen molar-refractivity contribution in [1.29, 1.82) is 0 Å². The first-order chi connectivity index (χ1) is 8.67. The summed E-state index contributed by atoms with van der Waals surface area (Å²) in [4.78, 5) is 10.4. The molecular formula is C11H10BrF3O4. The fourth-order valence-corrected chi connectivity index (χ4v) is 1.72. The SMILES string of the molecule is C[C@H](CC(=O)O)Oc1ccc(OC(F)(F)F)c(Br)c1. The third kappa shape index (κ3) is 5.82. The van der Waals surface area contributed by atoms with E-state index in [9.17, 15) is 18.0 Å². The van der Waals surface area contributed by atoms with Gasteiger partial charge in [0.2, 0.25) is 0 Å². The van der Waals surface area contributed by atoms with Gasteiger partial charge in [-0.3, -0.25) is 4.79 Å². The van der Waals surface area contributed by atoms with Gasteiger partial charge in [-0.15, -0.1) is 13.2 Å². The molecule has 0 heterocycles. The fraction of sp³-hybridized carbons (Fsp3) is 0.364. The van der Waals surface area contributed by atoms with E-state index in [0.29, 0.717) is 0 Å². The molecule has 1 rings (SSSR count). The predicted molar refractivity (Wildman–Crippen MR) is 63.2 cm³/mol. The van der Waals surface area contributed by atoms with E-state index in [2.05, 4.69) is 20.7 Å². The number of alkyl halides is 3. The Morgan fingerprint density at radius 3 is 2.58 bits per heavy atom. The minimum Gasteiger partial charge on any atom is -0.490 e. The molecule has 0 aliphatic heterocycles. The van der Waals surface area contributed by atoms with E-state index in [1.54, 1.807) is 6.92 Å². The average molecular weight is 343 g/mol. The molecule has 1 atom stereocenters. The Labute approximate surface area is 115 Å². The predicted octanol–water partition coefficient (Wildman–Crippen LogP) is 3.59. The van der Waals surface area contributed by atoms with Crippen LogP contribution in [0.15, 0.2) is 22.7 Å². The van der Waals surface area contributed by atoms with Gasteiger partial charge in [0.25, 0.3) is 0 Å². The molecule has 1 aromatic rings. The van der Waals surface area contributed by atoms with E-state index in [1.165, 1.54) is 12.1 Å². The van der Waals surface area contributed by atoms with Gasteiger partial charge in [0.15, 0.2) is 0 Å². The van der Waals surface area contributed by atoms with Crippen molar-refractivity contribution in [3.63, 3.8) is 0 Å². The maximum Gasteiger partial charge on any atom is 0.573 e. The molecule has 4 nitrogen and oxygen atoms in total. The van der Waals surface area contributed by atoms with Gasteiger partial charge in [0.05, 0.1) is 10.9 Å². The van der Waals surface area contributed by atoms with Gasteiger partial charge in [-0.1, -0.05) is 0 Å². The summed E-state index contributed by atoms with van der Waals surface area (Å²) in [6.45, 7) is 1.54. The van der Waals surface area contributed by atoms with Gasteiger partial charge in [0.1, 0.15) is 17.6 Å². The second-order valence-electron chi connectivity index (χ2n) is 3.67. The molecular weight excluding hydrogens is 333 g/mol. The summed E-state index contributed by atoms with van der Waals surface area (Å²) in [6.07, 6.45) is -5.58. The van der Waals surface area contributed by atoms with Crippen LogP contribution in [0.4, 0.5) is 13.2 Å². The van der Waals surface area contributed by atoms with E-state index in [0.717, 1.165) is 6.07 Å². The van der Waals surface area contributed by atoms with Crippen LogP contribution in [0.1, 0.15) is 13.3 Å². The lowest BCUT2D eigenvalue weighted by Gasteiger charge is -2.15. The summed E-state index contributed by atoms with van der Waals surface area (Å²) in [6, 6.07) is 3.63. The molecule has 0 aromatic heterocycles. The highest BCUT2D eigenvalue weighted by molar-refractivity contribution is 9.10. The molecule has 0 fully saturated rings. The minimum absolute atomic E-state index is 0.0600. The quantitative estimate of drug-likeness (QED) is 0.888. The third-order valence-corrected chi connectivity index (χ3v) is 2.55. The summed E-state index contributed by atoms with van der Waals surface area (Å²) in [5, 5.41) is 8.55. The molecule has 1 N–H and O–H groups in total. The molecule has 1 aromatic carbocycles. The molecule has 0 saturated heterocycles. The van der Waals surface area contributed by atoms with Gasteiger partial charge in [-0.25, -0.2) is 0 Å². The normalized spacial score (nSPS) is 12.9. The molecule has 0 aliphatic carbocycles. The van der Waals surface area contributed by atoms with E-state index in [4.69, 9.17) is 9.84 Å². The second kappa shape index (κ2) is 6.14. The first-order valence-corrected chi connectivity index (χ1v) is 5.90. The lowest BCUT2D eigenvalue weighted by Crippen LogP contribution is -2.18. The second-order valence-corrected chi connectivity index (χ2v) is 4.52. The topological polar surface area (TPSA) is 55.8 Å². The molecule has 0 aliphatic rings. The number of carboxylic acid groups (broad SMARTS) is 1. The monoisotopic (exact) mass is 342 g/mol. The minimum atomic E-state index is -4.78. The summed E-state index contributed by atoms with van der Waals surface area (Å²) < 4.78 is 45.2. The molecule has 106 valence electrons. The van der Waals surface area contributed by atoms with Crippen LogP contribution < -0.4 is 9.47 Å². The van der Waals surface area contributed by atoms with Crippen LogP contribution >= 0.6 is 15.9 Å². The van der Waals surface area contributed by atoms with Crippen LogP contribution in [0.3, 0.4) is 0 Å². The van der Waals surface area contributed by atoms with Gasteiger partial charge in [0, 0.05) is 0 Å². The summed E-state index contributed by atoms with van der Waals surface area (Å²) in [5.74, 6) is -1.18. The Hall–Kier alpha value is -1.44. The van der Waals surface area contributed by atoms with Crippen LogP contribution in [0, 0.1) is 0 Å². The number of benzene rings is 1. The van der Waals surface area contributed by atoms with Crippen LogP contribution in [0.5, 0.6) is 11.5 Å². The van der Waals surface area contributed by atoms with Crippen molar-refractivity contribution in [3.05, 3.63) is 22.7 Å². The summed E-state index contributed by atoms with van der Waals surface area (Å²) in [7, 11) is 0. The Bertz CT molecular complexity index is 462. The first-order valence-electron chi connectivity index (χ1n) is 5.11. The molecule has 0 bridgehead atoms.